The summed E-state index contributed by atoms with van der Waals surface area (Å²) in [6.07, 6.45) is -3.81. The number of aromatic nitrogens is 1. The van der Waals surface area contributed by atoms with Gasteiger partial charge in [0.05, 0.1) is 42.2 Å². The topological polar surface area (TPSA) is 113 Å². The number of thiazole rings is 1. The number of benzene rings is 3. The van der Waals surface area contributed by atoms with Crippen LogP contribution in [0.15, 0.2) is 80.1 Å². The molecule has 47 heavy (non-hydrogen) atoms. The van der Waals surface area contributed by atoms with Crippen molar-refractivity contribution in [3.8, 4) is 5.75 Å². The number of hydrogen-bond acceptors (Lipinski definition) is 8. The van der Waals surface area contributed by atoms with Crippen molar-refractivity contribution in [2.24, 2.45) is 4.99 Å². The van der Waals surface area contributed by atoms with E-state index >= 15 is 0 Å². The molecule has 0 radical (unpaired) electrons. The van der Waals surface area contributed by atoms with Gasteiger partial charge in [0.2, 0.25) is 5.75 Å². The van der Waals surface area contributed by atoms with Crippen LogP contribution in [0.2, 0.25) is 15.1 Å². The molecule has 0 fully saturated rings. The molecule has 5 rings (SSSR count). The number of halogens is 7. The third-order valence-corrected chi connectivity index (χ3v) is 9.25. The lowest BCUT2D eigenvalue weighted by atomic mass is 9.95. The highest BCUT2D eigenvalue weighted by Gasteiger charge is 2.45. The largest absolute Gasteiger partial charge is 0.481 e. The number of ether oxygens (including phenoxy) is 2. The summed E-state index contributed by atoms with van der Waals surface area (Å²) >= 11 is 21.9. The molecule has 0 saturated heterocycles. The van der Waals surface area contributed by atoms with Crippen molar-refractivity contribution in [3.63, 3.8) is 0 Å². The highest BCUT2D eigenvalue weighted by Crippen LogP contribution is 2.39. The van der Waals surface area contributed by atoms with Crippen LogP contribution in [-0.2, 0) is 16.1 Å². The summed E-state index contributed by atoms with van der Waals surface area (Å²) in [5.41, 5.74) is -2.76. The normalized spacial score (nSPS) is 14.9. The Kier molecular flexibility index (Phi) is 10.2. The van der Waals surface area contributed by atoms with E-state index in [0.29, 0.717) is 21.9 Å². The maximum absolute atomic E-state index is 14.3. The molecule has 0 unspecified atom stereocenters. The summed E-state index contributed by atoms with van der Waals surface area (Å²) in [4.78, 5) is 41.5. The molecule has 2 heterocycles. The zero-order chi connectivity index (χ0) is 34.2. The molecular formula is C30H18BrCl3F3N3O6S. The maximum Gasteiger partial charge on any atom is 0.434 e. The predicted molar refractivity (Wildman–Crippen MR) is 174 cm³/mol. The number of nitro groups is 1. The monoisotopic (exact) mass is 789 g/mol. The van der Waals surface area contributed by atoms with Crippen molar-refractivity contribution in [1.82, 2.24) is 4.57 Å². The van der Waals surface area contributed by atoms with Crippen LogP contribution in [0.4, 0.5) is 18.9 Å². The fourth-order valence-corrected chi connectivity index (χ4v) is 6.73. The quantitative estimate of drug-likeness (QED) is 0.104. The van der Waals surface area contributed by atoms with E-state index in [2.05, 4.69) is 20.9 Å². The second-order valence-electron chi connectivity index (χ2n) is 9.76. The lowest BCUT2D eigenvalue weighted by molar-refractivity contribution is -0.386. The van der Waals surface area contributed by atoms with Crippen LogP contribution < -0.4 is 19.6 Å². The molecule has 1 atom stereocenters. The van der Waals surface area contributed by atoms with Crippen LogP contribution >= 0.6 is 62.1 Å². The van der Waals surface area contributed by atoms with Gasteiger partial charge in [-0.15, -0.1) is 0 Å². The molecule has 0 aliphatic carbocycles. The summed E-state index contributed by atoms with van der Waals surface area (Å²) < 4.78 is 54.7. The smallest absolute Gasteiger partial charge is 0.434 e. The molecule has 1 aliphatic heterocycles. The third-order valence-electron chi connectivity index (χ3n) is 6.69. The molecule has 0 saturated carbocycles. The molecule has 1 aliphatic rings. The molecule has 17 heteroatoms. The summed E-state index contributed by atoms with van der Waals surface area (Å²) in [6, 6.07) is 11.3. The number of rotatable bonds is 8. The first-order chi connectivity index (χ1) is 22.2. The van der Waals surface area contributed by atoms with E-state index in [4.69, 9.17) is 44.3 Å². The number of fused-ring (bicyclic) bond motifs is 1. The van der Waals surface area contributed by atoms with Crippen LogP contribution in [-0.4, -0.2) is 28.2 Å². The first kappa shape index (κ1) is 34.6. The minimum absolute atomic E-state index is 0.0939. The van der Waals surface area contributed by atoms with E-state index in [1.165, 1.54) is 43.3 Å². The number of hydrogen-bond donors (Lipinski definition) is 0. The van der Waals surface area contributed by atoms with E-state index in [0.717, 1.165) is 10.6 Å². The Hall–Kier alpha value is -3.69. The molecule has 4 aromatic rings. The average molecular weight is 792 g/mol. The minimum Gasteiger partial charge on any atom is -0.481 e. The SMILES string of the molecule is CCOC(=O)C1=C(C(F)(F)F)N=c2s/c(=C\c3cc(Br)c(OCc4ccc(Cl)c(Cl)c4)c([N+](=O)[O-])c3)c(=O)n2[C@@H]1c1ccc(Cl)cc1. The molecule has 0 amide bonds. The summed E-state index contributed by atoms with van der Waals surface area (Å²) in [7, 11) is 0. The molecule has 0 N–H and O–H groups in total. The van der Waals surface area contributed by atoms with Crippen LogP contribution in [0.1, 0.15) is 29.7 Å². The summed E-state index contributed by atoms with van der Waals surface area (Å²) in [6.45, 7) is 1.11. The van der Waals surface area contributed by atoms with Gasteiger partial charge in [0, 0.05) is 11.1 Å². The van der Waals surface area contributed by atoms with Gasteiger partial charge in [0.15, 0.2) is 10.5 Å². The number of alkyl halides is 3. The first-order valence-corrected chi connectivity index (χ1v) is 16.0. The summed E-state index contributed by atoms with van der Waals surface area (Å²) in [5, 5.41) is 12.9. The Morgan fingerprint density at radius 2 is 1.83 bits per heavy atom. The second-order valence-corrected chi connectivity index (χ2v) is 12.9. The van der Waals surface area contributed by atoms with Crippen molar-refractivity contribution in [2.45, 2.75) is 25.7 Å². The number of esters is 1. The van der Waals surface area contributed by atoms with Crippen LogP contribution in [0, 0.1) is 10.1 Å². The van der Waals surface area contributed by atoms with Crippen LogP contribution in [0.25, 0.3) is 6.08 Å². The van der Waals surface area contributed by atoms with Gasteiger partial charge < -0.3 is 9.47 Å². The summed E-state index contributed by atoms with van der Waals surface area (Å²) in [5.74, 6) is -1.41. The van der Waals surface area contributed by atoms with Crippen molar-refractivity contribution in [3.05, 3.63) is 132 Å². The molecule has 9 nitrogen and oxygen atoms in total. The van der Waals surface area contributed by atoms with Crippen molar-refractivity contribution in [1.29, 1.82) is 0 Å². The van der Waals surface area contributed by atoms with Crippen molar-refractivity contribution < 1.29 is 32.4 Å². The van der Waals surface area contributed by atoms with Gasteiger partial charge in [-0.2, -0.15) is 13.2 Å². The maximum atomic E-state index is 14.3. The van der Waals surface area contributed by atoms with Crippen LogP contribution in [0.3, 0.4) is 0 Å². The van der Waals surface area contributed by atoms with Gasteiger partial charge in [0.25, 0.3) is 5.56 Å². The van der Waals surface area contributed by atoms with Crippen molar-refractivity contribution in [2.75, 3.05) is 6.61 Å². The Balaban J connectivity index is 1.65. The van der Waals surface area contributed by atoms with E-state index in [1.54, 1.807) is 18.2 Å². The Bertz CT molecular complexity index is 2140. The Labute approximate surface area is 290 Å². The minimum atomic E-state index is -5.08. The van der Waals surface area contributed by atoms with Gasteiger partial charge in [0.1, 0.15) is 6.61 Å². The van der Waals surface area contributed by atoms with Gasteiger partial charge in [-0.05, 0) is 76.0 Å². The zero-order valence-electron chi connectivity index (χ0n) is 23.6. The van der Waals surface area contributed by atoms with E-state index in [9.17, 15) is 32.9 Å². The number of carbonyl (C=O) groups is 1. The predicted octanol–water partition coefficient (Wildman–Crippen LogP) is 7.55. The highest BCUT2D eigenvalue weighted by atomic mass is 79.9. The molecule has 3 aromatic carbocycles. The standard InChI is InChI=1S/C30H18BrCl3F3N3O6S/c1-2-45-28(42)23-24(16-4-6-17(32)7-5-16)39-27(41)22(47-29(39)38-26(23)30(35,36)37)12-15-9-18(31)25(21(11-15)40(43)44)46-13-14-3-8-19(33)20(34)10-14/h3-12,24H,2,13H2,1H3/b22-12-/t24-/m1/s1. The van der Waals surface area contributed by atoms with E-state index in [1.807, 2.05) is 0 Å². The van der Waals surface area contributed by atoms with Gasteiger partial charge in [-0.3, -0.25) is 19.5 Å². The van der Waals surface area contributed by atoms with Crippen LogP contribution in [0.5, 0.6) is 5.75 Å². The van der Waals surface area contributed by atoms with Crippen molar-refractivity contribution >= 4 is 79.8 Å². The third kappa shape index (κ3) is 7.26. The average Bonchev–Trinajstić information content (AvgIpc) is 3.31. The number of nitro benzene ring substituents is 1. The molecular weight excluding hydrogens is 774 g/mol. The zero-order valence-corrected chi connectivity index (χ0v) is 28.3. The second kappa shape index (κ2) is 13.8. The Morgan fingerprint density at radius 1 is 1.13 bits per heavy atom. The lowest BCUT2D eigenvalue weighted by Crippen LogP contribution is -2.41. The number of carbonyl (C=O) groups excluding carboxylic acids is 1. The first-order valence-electron chi connectivity index (χ1n) is 13.3. The fourth-order valence-electron chi connectivity index (χ4n) is 4.70. The fraction of sp³-hybridized carbons (Fsp3) is 0.167. The molecule has 0 bridgehead atoms. The van der Waals surface area contributed by atoms with E-state index in [-0.39, 0.29) is 53.9 Å². The van der Waals surface area contributed by atoms with Gasteiger partial charge in [-0.1, -0.05) is 64.3 Å². The number of allylic oxidation sites excluding steroid dienone is 1. The molecule has 1 aromatic heterocycles. The van der Waals surface area contributed by atoms with E-state index < -0.39 is 45.6 Å². The number of nitrogens with zero attached hydrogens (tertiary/aromatic N) is 3. The van der Waals surface area contributed by atoms with Gasteiger partial charge in [-0.25, -0.2) is 9.79 Å². The molecule has 244 valence electrons. The molecule has 0 spiro atoms. The van der Waals surface area contributed by atoms with Gasteiger partial charge >= 0.3 is 17.8 Å². The lowest BCUT2D eigenvalue weighted by Gasteiger charge is -2.26. The highest BCUT2D eigenvalue weighted by molar-refractivity contribution is 9.10. The Morgan fingerprint density at radius 3 is 2.45 bits per heavy atom.